The van der Waals surface area contributed by atoms with Gasteiger partial charge in [-0.15, -0.1) is 0 Å². The Balaban J connectivity index is 2.82. The number of nitrogens with one attached hydrogen (secondary N) is 1. The van der Waals surface area contributed by atoms with E-state index in [9.17, 15) is 14.7 Å². The molecule has 1 aromatic heterocycles. The molecule has 0 aromatic carbocycles. The van der Waals surface area contributed by atoms with Gasteiger partial charge in [-0.1, -0.05) is 0 Å². The number of carbonyl (C=O) groups excluding carboxylic acids is 1. The second-order valence-corrected chi connectivity index (χ2v) is 6.53. The number of carboxylic acid groups (broad SMARTS) is 1. The summed E-state index contributed by atoms with van der Waals surface area (Å²) in [7, 11) is 0. The summed E-state index contributed by atoms with van der Waals surface area (Å²) >= 11 is 0. The van der Waals surface area contributed by atoms with Crippen molar-refractivity contribution in [2.45, 2.75) is 65.3 Å². The maximum absolute atomic E-state index is 11.8. The van der Waals surface area contributed by atoms with Crippen molar-refractivity contribution in [2.24, 2.45) is 0 Å². The number of hydrogen-bond acceptors (Lipinski definition) is 5. The van der Waals surface area contributed by atoms with Crippen LogP contribution in [0.1, 0.15) is 47.6 Å². The average Bonchev–Trinajstić information content (AvgIpc) is 2.80. The van der Waals surface area contributed by atoms with Gasteiger partial charge in [0.2, 0.25) is 0 Å². The molecule has 1 rings (SSSR count). The van der Waals surface area contributed by atoms with Crippen molar-refractivity contribution >= 4 is 12.1 Å². The number of alkyl carbamates (subject to hydrolysis) is 1. The average molecular weight is 327 g/mol. The first-order valence-corrected chi connectivity index (χ1v) is 7.42. The molecule has 0 aliphatic heterocycles. The van der Waals surface area contributed by atoms with Gasteiger partial charge in [0.05, 0.1) is 24.5 Å². The van der Waals surface area contributed by atoms with E-state index in [4.69, 9.17) is 9.47 Å². The van der Waals surface area contributed by atoms with Crippen LogP contribution < -0.4 is 10.1 Å². The topological polar surface area (TPSA) is 103 Å². The Labute approximate surface area is 135 Å². The third-order valence-corrected chi connectivity index (χ3v) is 2.79. The molecule has 1 heterocycles. The summed E-state index contributed by atoms with van der Waals surface area (Å²) in [6.45, 7) is 10.5. The second kappa shape index (κ2) is 7.34. The molecule has 0 saturated heterocycles. The van der Waals surface area contributed by atoms with Gasteiger partial charge in [0.25, 0.3) is 0 Å². The standard InChI is InChI=1S/C15H25N3O5/c1-9(2)22-11-7-16-18(8-11)10(3)12(13(19)20)17-14(21)23-15(4,5)6/h7-10,12H,1-6H3,(H,17,21)(H,19,20). The highest BCUT2D eigenvalue weighted by Gasteiger charge is 2.30. The molecule has 130 valence electrons. The molecule has 1 amide bonds. The van der Waals surface area contributed by atoms with Crippen molar-refractivity contribution in [2.75, 3.05) is 0 Å². The van der Waals surface area contributed by atoms with E-state index < -0.39 is 29.7 Å². The van der Waals surface area contributed by atoms with Crippen molar-refractivity contribution in [3.63, 3.8) is 0 Å². The minimum absolute atomic E-state index is 0.0156. The van der Waals surface area contributed by atoms with Gasteiger partial charge in [-0.05, 0) is 41.5 Å². The van der Waals surface area contributed by atoms with E-state index in [1.54, 1.807) is 33.9 Å². The summed E-state index contributed by atoms with van der Waals surface area (Å²) in [4.78, 5) is 23.3. The summed E-state index contributed by atoms with van der Waals surface area (Å²) in [5.41, 5.74) is -0.708. The summed E-state index contributed by atoms with van der Waals surface area (Å²) in [5.74, 6) is -0.640. The lowest BCUT2D eigenvalue weighted by Crippen LogP contribution is -2.47. The summed E-state index contributed by atoms with van der Waals surface area (Å²) < 4.78 is 12.0. The van der Waals surface area contributed by atoms with Crippen LogP contribution in [0.3, 0.4) is 0 Å². The van der Waals surface area contributed by atoms with E-state index in [1.165, 1.54) is 10.9 Å². The second-order valence-electron chi connectivity index (χ2n) is 6.53. The Kier molecular flexibility index (Phi) is 6.00. The van der Waals surface area contributed by atoms with Crippen LogP contribution in [0.4, 0.5) is 4.79 Å². The number of aromatic nitrogens is 2. The molecule has 0 radical (unpaired) electrons. The van der Waals surface area contributed by atoms with Crippen molar-refractivity contribution in [1.82, 2.24) is 15.1 Å². The van der Waals surface area contributed by atoms with Crippen LogP contribution in [0.5, 0.6) is 5.75 Å². The van der Waals surface area contributed by atoms with Crippen molar-refractivity contribution in [3.05, 3.63) is 12.4 Å². The van der Waals surface area contributed by atoms with Crippen LogP contribution in [-0.4, -0.2) is 44.7 Å². The van der Waals surface area contributed by atoms with Gasteiger partial charge in [-0.2, -0.15) is 5.10 Å². The molecular formula is C15H25N3O5. The number of rotatable bonds is 6. The zero-order chi connectivity index (χ0) is 17.8. The lowest BCUT2D eigenvalue weighted by atomic mass is 10.1. The van der Waals surface area contributed by atoms with E-state index in [2.05, 4.69) is 10.4 Å². The van der Waals surface area contributed by atoms with Gasteiger partial charge in [0.15, 0.2) is 11.8 Å². The lowest BCUT2D eigenvalue weighted by Gasteiger charge is -2.25. The van der Waals surface area contributed by atoms with Gasteiger partial charge in [0, 0.05) is 0 Å². The summed E-state index contributed by atoms with van der Waals surface area (Å²) in [6.07, 6.45) is 2.29. The van der Waals surface area contributed by atoms with E-state index in [0.29, 0.717) is 5.75 Å². The molecule has 8 heteroatoms. The number of nitrogens with zero attached hydrogens (tertiary/aromatic N) is 2. The fourth-order valence-electron chi connectivity index (χ4n) is 1.85. The molecule has 2 atom stereocenters. The summed E-state index contributed by atoms with van der Waals surface area (Å²) in [6, 6.07) is -1.80. The largest absolute Gasteiger partial charge is 0.488 e. The first kappa shape index (κ1) is 18.8. The van der Waals surface area contributed by atoms with E-state index >= 15 is 0 Å². The van der Waals surface area contributed by atoms with Crippen molar-refractivity contribution in [3.8, 4) is 5.75 Å². The number of aliphatic carboxylic acids is 1. The fourth-order valence-corrected chi connectivity index (χ4v) is 1.85. The van der Waals surface area contributed by atoms with Gasteiger partial charge in [-0.25, -0.2) is 9.59 Å². The predicted octanol–water partition coefficient (Wildman–Crippen LogP) is 2.21. The van der Waals surface area contributed by atoms with Gasteiger partial charge in [-0.3, -0.25) is 4.68 Å². The molecule has 0 aliphatic carbocycles. The highest BCUT2D eigenvalue weighted by atomic mass is 16.6. The Morgan fingerprint density at radius 2 is 1.91 bits per heavy atom. The predicted molar refractivity (Wildman–Crippen MR) is 83.5 cm³/mol. The molecule has 0 bridgehead atoms. The third kappa shape index (κ3) is 6.17. The Bertz CT molecular complexity index is 548. The van der Waals surface area contributed by atoms with Crippen LogP contribution in [-0.2, 0) is 9.53 Å². The molecule has 8 nitrogen and oxygen atoms in total. The molecule has 1 aromatic rings. The lowest BCUT2D eigenvalue weighted by molar-refractivity contribution is -0.140. The zero-order valence-electron chi connectivity index (χ0n) is 14.4. The number of carboxylic acids is 1. The third-order valence-electron chi connectivity index (χ3n) is 2.79. The van der Waals surface area contributed by atoms with Crippen molar-refractivity contribution in [1.29, 1.82) is 0 Å². The number of carbonyl (C=O) groups is 2. The van der Waals surface area contributed by atoms with Gasteiger partial charge < -0.3 is 19.9 Å². The van der Waals surface area contributed by atoms with Crippen LogP contribution in [0, 0.1) is 0 Å². The van der Waals surface area contributed by atoms with E-state index in [1.807, 2.05) is 13.8 Å². The quantitative estimate of drug-likeness (QED) is 0.830. The Morgan fingerprint density at radius 1 is 1.30 bits per heavy atom. The van der Waals surface area contributed by atoms with E-state index in [0.717, 1.165) is 0 Å². The van der Waals surface area contributed by atoms with Crippen LogP contribution >= 0.6 is 0 Å². The summed E-state index contributed by atoms with van der Waals surface area (Å²) in [5, 5.41) is 15.8. The molecule has 0 aliphatic rings. The number of hydrogen-bond donors (Lipinski definition) is 2. The molecule has 0 fully saturated rings. The molecular weight excluding hydrogens is 302 g/mol. The Hall–Kier alpha value is -2.25. The molecule has 0 spiro atoms. The van der Waals surface area contributed by atoms with Crippen LogP contribution in [0.25, 0.3) is 0 Å². The van der Waals surface area contributed by atoms with Crippen LogP contribution in [0.15, 0.2) is 12.4 Å². The first-order chi connectivity index (χ1) is 10.5. The highest BCUT2D eigenvalue weighted by molar-refractivity contribution is 5.80. The smallest absolute Gasteiger partial charge is 0.408 e. The maximum atomic E-state index is 11.8. The molecule has 2 unspecified atom stereocenters. The SMILES string of the molecule is CC(C)Oc1cnn(C(C)C(NC(=O)OC(C)(C)C)C(=O)O)c1. The number of ether oxygens (including phenoxy) is 2. The minimum Gasteiger partial charge on any atom is -0.488 e. The van der Waals surface area contributed by atoms with Crippen LogP contribution in [0.2, 0.25) is 0 Å². The molecule has 2 N–H and O–H groups in total. The number of amides is 1. The molecule has 23 heavy (non-hydrogen) atoms. The Morgan fingerprint density at radius 3 is 2.39 bits per heavy atom. The highest BCUT2D eigenvalue weighted by Crippen LogP contribution is 2.17. The minimum atomic E-state index is -1.18. The first-order valence-electron chi connectivity index (χ1n) is 7.42. The van der Waals surface area contributed by atoms with Gasteiger partial charge in [0.1, 0.15) is 5.60 Å². The molecule has 0 saturated carbocycles. The van der Waals surface area contributed by atoms with Gasteiger partial charge >= 0.3 is 12.1 Å². The van der Waals surface area contributed by atoms with E-state index in [-0.39, 0.29) is 6.10 Å². The maximum Gasteiger partial charge on any atom is 0.408 e. The normalized spacial score (nSPS) is 14.2. The zero-order valence-corrected chi connectivity index (χ0v) is 14.4. The fraction of sp³-hybridized carbons (Fsp3) is 0.667. The monoisotopic (exact) mass is 327 g/mol. The van der Waals surface area contributed by atoms with Crippen molar-refractivity contribution < 1.29 is 24.2 Å².